The summed E-state index contributed by atoms with van der Waals surface area (Å²) in [7, 11) is 3.00. The number of aryl methyl sites for hydroxylation is 2. The molecule has 0 spiro atoms. The van der Waals surface area contributed by atoms with E-state index in [2.05, 4.69) is 31.3 Å². The molecule has 1 aliphatic rings. The molecule has 5 rings (SSSR count). The SMILES string of the molecule is CCn1nc(C)cc1C(=O)Nc1nc2cc(C=O)cc(OC)c2n1C/C=C/CNc1c(N)cc(C(N)=O)cc1OC/C=C/CN1CCN(C(=O)OC(C)(C)C)CC1.CN. The van der Waals surface area contributed by atoms with Crippen LogP contribution in [0.5, 0.6) is 11.5 Å². The Morgan fingerprint density at radius 3 is 2.31 bits per heavy atom. The highest BCUT2D eigenvalue weighted by molar-refractivity contribution is 6.03. The number of nitrogens with two attached hydrogens (primary N) is 3. The number of allylic oxidation sites excluding steroid dienone is 1. The van der Waals surface area contributed by atoms with Gasteiger partial charge in [-0.25, -0.2) is 9.78 Å². The minimum atomic E-state index is -0.639. The van der Waals surface area contributed by atoms with Gasteiger partial charge in [0.25, 0.3) is 5.91 Å². The summed E-state index contributed by atoms with van der Waals surface area (Å²) in [6.07, 6.45) is 8.03. The molecule has 1 fully saturated rings. The van der Waals surface area contributed by atoms with E-state index < -0.39 is 11.5 Å². The van der Waals surface area contributed by atoms with E-state index in [0.717, 1.165) is 13.1 Å². The number of piperazine rings is 1. The summed E-state index contributed by atoms with van der Waals surface area (Å²) in [5.74, 6) is 0.0100. The summed E-state index contributed by atoms with van der Waals surface area (Å²) in [5, 5.41) is 10.6. The predicted octanol–water partition coefficient (Wildman–Crippen LogP) is 4.05. The lowest BCUT2D eigenvalue weighted by atomic mass is 10.1. The van der Waals surface area contributed by atoms with Gasteiger partial charge in [0.2, 0.25) is 11.9 Å². The van der Waals surface area contributed by atoms with Crippen molar-refractivity contribution in [2.24, 2.45) is 11.5 Å². The quantitative estimate of drug-likeness (QED) is 0.0610. The van der Waals surface area contributed by atoms with E-state index in [0.29, 0.717) is 84.2 Å². The molecule has 59 heavy (non-hydrogen) atoms. The number of anilines is 3. The second-order valence-electron chi connectivity index (χ2n) is 14.4. The molecule has 1 saturated heterocycles. The molecule has 3 amide bonds. The molecular weight excluding hydrogens is 759 g/mol. The number of imidazole rings is 1. The first-order chi connectivity index (χ1) is 28.2. The van der Waals surface area contributed by atoms with E-state index in [9.17, 15) is 19.2 Å². The summed E-state index contributed by atoms with van der Waals surface area (Å²) in [4.78, 5) is 58.1. The number of rotatable bonds is 16. The van der Waals surface area contributed by atoms with Crippen LogP contribution in [0.25, 0.3) is 11.0 Å². The molecule has 0 aliphatic carbocycles. The Labute approximate surface area is 344 Å². The maximum atomic E-state index is 13.4. The van der Waals surface area contributed by atoms with Gasteiger partial charge in [-0.3, -0.25) is 29.3 Å². The number of carbonyl (C=O) groups excluding carboxylic acids is 4. The first-order valence-corrected chi connectivity index (χ1v) is 19.3. The van der Waals surface area contributed by atoms with Crippen LogP contribution in [-0.4, -0.2) is 119 Å². The molecule has 4 aromatic rings. The fourth-order valence-electron chi connectivity index (χ4n) is 6.26. The van der Waals surface area contributed by atoms with Crippen LogP contribution in [-0.2, 0) is 17.8 Å². The normalized spacial score (nSPS) is 13.3. The van der Waals surface area contributed by atoms with Gasteiger partial charge in [-0.1, -0.05) is 24.3 Å². The van der Waals surface area contributed by atoms with E-state index in [1.165, 1.54) is 20.2 Å². The van der Waals surface area contributed by atoms with Gasteiger partial charge in [-0.15, -0.1) is 0 Å². The lowest BCUT2D eigenvalue weighted by Gasteiger charge is -2.35. The summed E-state index contributed by atoms with van der Waals surface area (Å²) in [6.45, 7) is 13.9. The fraction of sp³-hybridized carbons (Fsp3) is 0.415. The van der Waals surface area contributed by atoms with E-state index in [1.807, 2.05) is 58.9 Å². The molecule has 0 atom stereocenters. The molecule has 1 aliphatic heterocycles. The van der Waals surface area contributed by atoms with Gasteiger partial charge in [-0.2, -0.15) is 5.10 Å². The van der Waals surface area contributed by atoms with Crippen LogP contribution < -0.4 is 37.3 Å². The standard InChI is InChI=1S/C40H52N10O7.CH5N/c1-7-50-31(20-26(2)46-50)37(53)45-38-44-30-21-27(25-51)22-33(55-6)35(30)49(38)14-9-8-12-43-34-29(41)23-28(36(42)52)24-32(34)56-19-11-10-13-47-15-17-48(18-16-47)39(54)57-40(3,4)5;1-2/h8-11,20-25,43H,7,12-19,41H2,1-6H3,(H2,42,52)(H,44,45,53);2H2,1H3/b9-8+,11-10+;. The molecule has 0 unspecified atom stereocenters. The van der Waals surface area contributed by atoms with E-state index >= 15 is 0 Å². The average Bonchev–Trinajstić information content (AvgIpc) is 3.76. The van der Waals surface area contributed by atoms with Gasteiger partial charge in [0.15, 0.2) is 0 Å². The molecular formula is C41H57N11O7. The summed E-state index contributed by atoms with van der Waals surface area (Å²) in [6, 6.07) is 7.99. The van der Waals surface area contributed by atoms with Crippen molar-refractivity contribution in [3.63, 3.8) is 0 Å². The first-order valence-electron chi connectivity index (χ1n) is 19.3. The Morgan fingerprint density at radius 2 is 1.66 bits per heavy atom. The van der Waals surface area contributed by atoms with Crippen molar-refractivity contribution in [2.45, 2.75) is 53.3 Å². The van der Waals surface area contributed by atoms with Gasteiger partial charge in [0.05, 0.1) is 24.0 Å². The third-order valence-electron chi connectivity index (χ3n) is 9.00. The number of hydrogen-bond acceptors (Lipinski definition) is 13. The molecule has 2 aromatic heterocycles. The van der Waals surface area contributed by atoms with Crippen molar-refractivity contribution < 1.29 is 33.4 Å². The van der Waals surface area contributed by atoms with Gasteiger partial charge in [0.1, 0.15) is 46.9 Å². The molecule has 0 bridgehead atoms. The summed E-state index contributed by atoms with van der Waals surface area (Å²) in [5.41, 5.74) is 19.4. The van der Waals surface area contributed by atoms with Crippen LogP contribution in [0.15, 0.2) is 54.6 Å². The molecule has 8 N–H and O–H groups in total. The number of methoxy groups -OCH3 is 1. The predicted molar refractivity (Wildman–Crippen MR) is 228 cm³/mol. The molecule has 2 aromatic carbocycles. The van der Waals surface area contributed by atoms with Gasteiger partial charge >= 0.3 is 6.09 Å². The number of primary amides is 1. The third-order valence-corrected chi connectivity index (χ3v) is 9.00. The zero-order valence-corrected chi connectivity index (χ0v) is 34.9. The second kappa shape index (κ2) is 20.9. The van der Waals surface area contributed by atoms with Crippen LogP contribution in [0.4, 0.5) is 22.1 Å². The highest BCUT2D eigenvalue weighted by Gasteiger charge is 2.26. The first kappa shape index (κ1) is 45.3. The molecule has 18 nitrogen and oxygen atoms in total. The minimum absolute atomic E-state index is 0.207. The minimum Gasteiger partial charge on any atom is -0.494 e. The fourth-order valence-corrected chi connectivity index (χ4v) is 6.26. The highest BCUT2D eigenvalue weighted by atomic mass is 16.6. The third kappa shape index (κ3) is 12.1. The number of ether oxygens (including phenoxy) is 3. The Hall–Kier alpha value is -6.40. The Kier molecular flexibility index (Phi) is 16.0. The number of amides is 3. The number of nitrogens with zero attached hydrogens (tertiary/aromatic N) is 6. The number of carbonyl (C=O) groups is 4. The molecule has 318 valence electrons. The van der Waals surface area contributed by atoms with E-state index in [-0.39, 0.29) is 42.4 Å². The van der Waals surface area contributed by atoms with Crippen molar-refractivity contribution in [3.8, 4) is 11.5 Å². The Balaban J connectivity index is 0.00000378. The van der Waals surface area contributed by atoms with Gasteiger partial charge in [-0.05, 0) is 72.0 Å². The van der Waals surface area contributed by atoms with Crippen molar-refractivity contribution in [3.05, 3.63) is 77.2 Å². The second-order valence-corrected chi connectivity index (χ2v) is 14.4. The number of nitrogens with one attached hydrogen (secondary N) is 2. The van der Waals surface area contributed by atoms with Gasteiger partial charge in [0, 0.05) is 63.5 Å². The lowest BCUT2D eigenvalue weighted by Crippen LogP contribution is -2.49. The van der Waals surface area contributed by atoms with Gasteiger partial charge < -0.3 is 46.2 Å². The van der Waals surface area contributed by atoms with Crippen LogP contribution in [0, 0.1) is 6.92 Å². The zero-order chi connectivity index (χ0) is 43.3. The number of fused-ring (bicyclic) bond motifs is 1. The van der Waals surface area contributed by atoms with Crippen LogP contribution >= 0.6 is 0 Å². The maximum Gasteiger partial charge on any atom is 0.410 e. The Morgan fingerprint density at radius 1 is 0.949 bits per heavy atom. The van der Waals surface area contributed by atoms with Crippen molar-refractivity contribution in [2.75, 3.05) is 76.4 Å². The number of hydrogen-bond donors (Lipinski definition) is 5. The highest BCUT2D eigenvalue weighted by Crippen LogP contribution is 2.33. The number of aldehydes is 1. The summed E-state index contributed by atoms with van der Waals surface area (Å²) >= 11 is 0. The largest absolute Gasteiger partial charge is 0.494 e. The van der Waals surface area contributed by atoms with Crippen molar-refractivity contribution in [1.29, 1.82) is 0 Å². The molecule has 0 radical (unpaired) electrons. The summed E-state index contributed by atoms with van der Waals surface area (Å²) < 4.78 is 20.6. The monoisotopic (exact) mass is 815 g/mol. The average molecular weight is 816 g/mol. The number of benzene rings is 2. The lowest BCUT2D eigenvalue weighted by molar-refractivity contribution is 0.0154. The number of aromatic nitrogens is 4. The Bertz CT molecular complexity index is 2160. The van der Waals surface area contributed by atoms with Crippen molar-refractivity contribution >= 4 is 52.6 Å². The molecule has 18 heteroatoms. The van der Waals surface area contributed by atoms with Crippen LogP contribution in [0.2, 0.25) is 0 Å². The smallest absolute Gasteiger partial charge is 0.410 e. The molecule has 3 heterocycles. The van der Waals surface area contributed by atoms with E-state index in [4.69, 9.17) is 25.7 Å². The zero-order valence-electron chi connectivity index (χ0n) is 34.9. The van der Waals surface area contributed by atoms with E-state index in [1.54, 1.807) is 38.4 Å². The van der Waals surface area contributed by atoms with Crippen LogP contribution in [0.1, 0.15) is 64.6 Å². The number of nitrogen functional groups attached to an aromatic ring is 1. The topological polar surface area (TPSA) is 240 Å². The molecule has 0 saturated carbocycles. The maximum absolute atomic E-state index is 13.4. The van der Waals surface area contributed by atoms with Crippen molar-refractivity contribution in [1.82, 2.24) is 29.1 Å². The van der Waals surface area contributed by atoms with Crippen LogP contribution in [0.3, 0.4) is 0 Å².